The Hall–Kier alpha value is -1.85. The van der Waals surface area contributed by atoms with E-state index in [0.29, 0.717) is 19.3 Å². The van der Waals surface area contributed by atoms with Crippen LogP contribution in [0.4, 0.5) is 0 Å². The van der Waals surface area contributed by atoms with Crippen LogP contribution in [0.2, 0.25) is 0 Å². The lowest BCUT2D eigenvalue weighted by Gasteiger charge is -2.13. The molecule has 88 valence electrons. The van der Waals surface area contributed by atoms with Crippen molar-refractivity contribution in [1.29, 1.82) is 0 Å². The molecule has 0 fully saturated rings. The van der Waals surface area contributed by atoms with Crippen molar-refractivity contribution in [2.75, 3.05) is 0 Å². The van der Waals surface area contributed by atoms with Crippen LogP contribution in [0.1, 0.15) is 18.4 Å². The SMILES string of the molecule is Cn1cc(CC(CCC(=O)O)NC=O)cn1. The maximum Gasteiger partial charge on any atom is 0.303 e. The lowest BCUT2D eigenvalue weighted by molar-refractivity contribution is -0.137. The van der Waals surface area contributed by atoms with Crippen LogP contribution in [0, 0.1) is 0 Å². The van der Waals surface area contributed by atoms with Crippen molar-refractivity contribution in [1.82, 2.24) is 15.1 Å². The molecule has 1 amide bonds. The molecule has 2 N–H and O–H groups in total. The first kappa shape index (κ1) is 12.2. The first-order chi connectivity index (χ1) is 7.61. The number of carbonyl (C=O) groups is 2. The molecule has 0 radical (unpaired) electrons. The number of nitrogens with one attached hydrogen (secondary N) is 1. The number of aryl methyl sites for hydroxylation is 1. The summed E-state index contributed by atoms with van der Waals surface area (Å²) in [6, 6.07) is -0.155. The predicted octanol–water partition coefficient (Wildman–Crippen LogP) is -0.0580. The lowest BCUT2D eigenvalue weighted by atomic mass is 10.0. The van der Waals surface area contributed by atoms with Gasteiger partial charge in [-0.2, -0.15) is 5.10 Å². The summed E-state index contributed by atoms with van der Waals surface area (Å²) in [5.74, 6) is -0.858. The molecule has 6 heteroatoms. The van der Waals surface area contributed by atoms with Crippen molar-refractivity contribution >= 4 is 12.4 Å². The highest BCUT2D eigenvalue weighted by atomic mass is 16.4. The molecule has 0 saturated heterocycles. The van der Waals surface area contributed by atoms with Crippen molar-refractivity contribution in [2.24, 2.45) is 7.05 Å². The van der Waals surface area contributed by atoms with Crippen LogP contribution in [0.5, 0.6) is 0 Å². The maximum atomic E-state index is 10.4. The number of rotatable bonds is 7. The number of nitrogens with zero attached hydrogens (tertiary/aromatic N) is 2. The average molecular weight is 225 g/mol. The lowest BCUT2D eigenvalue weighted by Crippen LogP contribution is -2.30. The highest BCUT2D eigenvalue weighted by molar-refractivity contribution is 5.66. The van der Waals surface area contributed by atoms with Crippen LogP contribution < -0.4 is 5.32 Å². The summed E-state index contributed by atoms with van der Waals surface area (Å²) in [6.45, 7) is 0. The molecule has 0 aliphatic heterocycles. The molecule has 1 aromatic rings. The summed E-state index contributed by atoms with van der Waals surface area (Å²) in [5.41, 5.74) is 0.979. The van der Waals surface area contributed by atoms with Gasteiger partial charge in [-0.1, -0.05) is 0 Å². The smallest absolute Gasteiger partial charge is 0.303 e. The van der Waals surface area contributed by atoms with Gasteiger partial charge in [-0.25, -0.2) is 0 Å². The van der Waals surface area contributed by atoms with Crippen LogP contribution in [0.3, 0.4) is 0 Å². The summed E-state index contributed by atoms with van der Waals surface area (Å²) in [4.78, 5) is 20.8. The van der Waals surface area contributed by atoms with Gasteiger partial charge in [0.2, 0.25) is 6.41 Å². The van der Waals surface area contributed by atoms with Crippen LogP contribution in [0.25, 0.3) is 0 Å². The van der Waals surface area contributed by atoms with Crippen LogP contribution in [-0.4, -0.2) is 33.3 Å². The molecule has 1 atom stereocenters. The van der Waals surface area contributed by atoms with Gasteiger partial charge in [0, 0.05) is 25.7 Å². The Kier molecular flexibility index (Phi) is 4.50. The Labute approximate surface area is 93.3 Å². The topological polar surface area (TPSA) is 84.2 Å². The average Bonchev–Trinajstić information content (AvgIpc) is 2.61. The van der Waals surface area contributed by atoms with E-state index in [9.17, 15) is 9.59 Å². The van der Waals surface area contributed by atoms with Gasteiger partial charge >= 0.3 is 5.97 Å². The number of carbonyl (C=O) groups excluding carboxylic acids is 1. The molecule has 0 spiro atoms. The summed E-state index contributed by atoms with van der Waals surface area (Å²) in [5, 5.41) is 15.2. The minimum atomic E-state index is -0.858. The van der Waals surface area contributed by atoms with Gasteiger partial charge in [-0.05, 0) is 18.4 Å². The molecule has 16 heavy (non-hydrogen) atoms. The Morgan fingerprint density at radius 1 is 1.75 bits per heavy atom. The molecule has 1 rings (SSSR count). The molecular formula is C10H15N3O3. The number of aromatic nitrogens is 2. The first-order valence-electron chi connectivity index (χ1n) is 5.01. The minimum absolute atomic E-state index is 0.0474. The largest absolute Gasteiger partial charge is 0.481 e. The zero-order valence-electron chi connectivity index (χ0n) is 9.09. The van der Waals surface area contributed by atoms with Gasteiger partial charge in [-0.3, -0.25) is 14.3 Å². The normalized spacial score (nSPS) is 12.1. The first-order valence-corrected chi connectivity index (χ1v) is 5.01. The van der Waals surface area contributed by atoms with E-state index < -0.39 is 5.97 Å². The number of hydrogen-bond donors (Lipinski definition) is 2. The monoisotopic (exact) mass is 225 g/mol. The summed E-state index contributed by atoms with van der Waals surface area (Å²) >= 11 is 0. The van der Waals surface area contributed by atoms with Crippen molar-refractivity contribution in [3.05, 3.63) is 18.0 Å². The van der Waals surface area contributed by atoms with Crippen molar-refractivity contribution in [3.8, 4) is 0 Å². The highest BCUT2D eigenvalue weighted by Gasteiger charge is 2.11. The van der Waals surface area contributed by atoms with E-state index in [4.69, 9.17) is 5.11 Å². The molecule has 0 aromatic carbocycles. The molecule has 0 bridgehead atoms. The summed E-state index contributed by atoms with van der Waals surface area (Å²) in [7, 11) is 1.81. The van der Waals surface area contributed by atoms with Gasteiger partial charge in [-0.15, -0.1) is 0 Å². The second-order valence-corrected chi connectivity index (χ2v) is 3.64. The molecule has 0 aliphatic rings. The van der Waals surface area contributed by atoms with E-state index in [2.05, 4.69) is 10.4 Å². The second-order valence-electron chi connectivity index (χ2n) is 3.64. The molecule has 1 unspecified atom stereocenters. The number of hydrogen-bond acceptors (Lipinski definition) is 3. The van der Waals surface area contributed by atoms with Crippen molar-refractivity contribution < 1.29 is 14.7 Å². The van der Waals surface area contributed by atoms with Gasteiger partial charge in [0.1, 0.15) is 0 Å². The van der Waals surface area contributed by atoms with Crippen molar-refractivity contribution in [3.63, 3.8) is 0 Å². The van der Waals surface area contributed by atoms with Crippen LogP contribution in [0.15, 0.2) is 12.4 Å². The standard InChI is InChI=1S/C10H15N3O3/c1-13-6-8(5-12-13)4-9(11-7-14)2-3-10(15)16/h5-7,9H,2-4H2,1H3,(H,11,14)(H,15,16). The number of carboxylic acid groups (broad SMARTS) is 1. The van der Waals surface area contributed by atoms with E-state index in [1.165, 1.54) is 0 Å². The van der Waals surface area contributed by atoms with E-state index in [-0.39, 0.29) is 12.5 Å². The van der Waals surface area contributed by atoms with E-state index in [1.54, 1.807) is 10.9 Å². The third-order valence-electron chi connectivity index (χ3n) is 2.25. The van der Waals surface area contributed by atoms with Crippen LogP contribution in [-0.2, 0) is 23.1 Å². The third kappa shape index (κ3) is 4.12. The maximum absolute atomic E-state index is 10.4. The Morgan fingerprint density at radius 2 is 2.50 bits per heavy atom. The molecule has 6 nitrogen and oxygen atoms in total. The Balaban J connectivity index is 2.49. The zero-order chi connectivity index (χ0) is 12.0. The van der Waals surface area contributed by atoms with E-state index in [0.717, 1.165) is 5.56 Å². The van der Waals surface area contributed by atoms with E-state index >= 15 is 0 Å². The second kappa shape index (κ2) is 5.89. The van der Waals surface area contributed by atoms with Gasteiger partial charge in [0.05, 0.1) is 6.20 Å². The summed E-state index contributed by atoms with van der Waals surface area (Å²) < 4.78 is 1.67. The molecule has 0 saturated carbocycles. The molecular weight excluding hydrogens is 210 g/mol. The molecule has 0 aliphatic carbocycles. The Morgan fingerprint density at radius 3 is 3.00 bits per heavy atom. The van der Waals surface area contributed by atoms with Crippen LogP contribution >= 0.6 is 0 Å². The number of amides is 1. The molecule has 1 heterocycles. The number of carboxylic acids is 1. The third-order valence-corrected chi connectivity index (χ3v) is 2.25. The van der Waals surface area contributed by atoms with Crippen molar-refractivity contribution in [2.45, 2.75) is 25.3 Å². The van der Waals surface area contributed by atoms with E-state index in [1.807, 2.05) is 13.2 Å². The van der Waals surface area contributed by atoms with Gasteiger partial charge in [0.15, 0.2) is 0 Å². The van der Waals surface area contributed by atoms with Gasteiger partial charge < -0.3 is 10.4 Å². The number of aliphatic carboxylic acids is 1. The zero-order valence-corrected chi connectivity index (χ0v) is 9.09. The Bertz CT molecular complexity index is 362. The summed E-state index contributed by atoms with van der Waals surface area (Å²) in [6.07, 6.45) is 5.22. The van der Waals surface area contributed by atoms with Gasteiger partial charge in [0.25, 0.3) is 0 Å². The molecule has 1 aromatic heterocycles. The fraction of sp³-hybridized carbons (Fsp3) is 0.500. The highest BCUT2D eigenvalue weighted by Crippen LogP contribution is 2.06. The predicted molar refractivity (Wildman–Crippen MR) is 56.8 cm³/mol. The fourth-order valence-electron chi connectivity index (χ4n) is 1.50. The quantitative estimate of drug-likeness (QED) is 0.637. The fourth-order valence-corrected chi connectivity index (χ4v) is 1.50. The minimum Gasteiger partial charge on any atom is -0.481 e.